The molecule has 1 aliphatic rings. The smallest absolute Gasteiger partial charge is 0.279 e. The Labute approximate surface area is 135 Å². The van der Waals surface area contributed by atoms with Crippen LogP contribution in [0.2, 0.25) is 0 Å². The standard InChI is InChI=1S/C15H22F2N2O3S/c1-11-5-6-14(16)13(15(11)17)8-18-23(20,21)19-7-3-4-12(9-19)10-22-2/h5-6,12,18H,3-4,7-10H2,1-2H3. The van der Waals surface area contributed by atoms with Crippen molar-refractivity contribution in [1.82, 2.24) is 9.03 Å². The number of hydrogen-bond acceptors (Lipinski definition) is 3. The lowest BCUT2D eigenvalue weighted by atomic mass is 10.0. The van der Waals surface area contributed by atoms with E-state index in [9.17, 15) is 17.2 Å². The van der Waals surface area contributed by atoms with Crippen LogP contribution in [0.15, 0.2) is 12.1 Å². The second-order valence-electron chi connectivity index (χ2n) is 5.80. The van der Waals surface area contributed by atoms with E-state index in [0.717, 1.165) is 18.9 Å². The van der Waals surface area contributed by atoms with Crippen LogP contribution in [-0.4, -0.2) is 39.5 Å². The fraction of sp³-hybridized carbons (Fsp3) is 0.600. The van der Waals surface area contributed by atoms with Crippen LogP contribution < -0.4 is 4.72 Å². The van der Waals surface area contributed by atoms with Gasteiger partial charge in [0.05, 0.1) is 6.61 Å². The van der Waals surface area contributed by atoms with Gasteiger partial charge in [0.25, 0.3) is 10.2 Å². The molecule has 0 aliphatic carbocycles. The highest BCUT2D eigenvalue weighted by Crippen LogP contribution is 2.20. The van der Waals surface area contributed by atoms with Crippen molar-refractivity contribution < 1.29 is 21.9 Å². The summed E-state index contributed by atoms with van der Waals surface area (Å²) >= 11 is 0. The van der Waals surface area contributed by atoms with Gasteiger partial charge in [-0.2, -0.15) is 17.4 Å². The molecule has 0 radical (unpaired) electrons. The number of rotatable bonds is 6. The van der Waals surface area contributed by atoms with Gasteiger partial charge in [0.15, 0.2) is 0 Å². The minimum Gasteiger partial charge on any atom is -0.384 e. The third-order valence-corrected chi connectivity index (χ3v) is 5.56. The Morgan fingerprint density at radius 3 is 2.83 bits per heavy atom. The van der Waals surface area contributed by atoms with E-state index < -0.39 is 28.4 Å². The maximum Gasteiger partial charge on any atom is 0.279 e. The van der Waals surface area contributed by atoms with E-state index in [1.54, 1.807) is 7.11 Å². The third-order valence-electron chi connectivity index (χ3n) is 4.03. The van der Waals surface area contributed by atoms with Crippen molar-refractivity contribution in [3.05, 3.63) is 34.9 Å². The minimum atomic E-state index is -3.78. The Morgan fingerprint density at radius 1 is 1.39 bits per heavy atom. The van der Waals surface area contributed by atoms with E-state index in [0.29, 0.717) is 19.7 Å². The van der Waals surface area contributed by atoms with Gasteiger partial charge in [-0.15, -0.1) is 0 Å². The highest BCUT2D eigenvalue weighted by molar-refractivity contribution is 7.87. The van der Waals surface area contributed by atoms with E-state index in [1.807, 2.05) is 0 Å². The molecule has 1 saturated heterocycles. The number of halogens is 2. The fourth-order valence-corrected chi connectivity index (χ4v) is 4.03. The Hall–Kier alpha value is -1.09. The summed E-state index contributed by atoms with van der Waals surface area (Å²) in [7, 11) is -2.21. The lowest BCUT2D eigenvalue weighted by Gasteiger charge is -2.31. The summed E-state index contributed by atoms with van der Waals surface area (Å²) in [6.45, 7) is 2.34. The predicted molar refractivity (Wildman–Crippen MR) is 83.0 cm³/mol. The second kappa shape index (κ2) is 7.65. The summed E-state index contributed by atoms with van der Waals surface area (Å²) in [6.07, 6.45) is 1.64. The molecule has 1 N–H and O–H groups in total. The first-order valence-corrected chi connectivity index (χ1v) is 8.96. The molecular weight excluding hydrogens is 326 g/mol. The number of ether oxygens (including phenoxy) is 1. The lowest BCUT2D eigenvalue weighted by molar-refractivity contribution is 0.118. The van der Waals surface area contributed by atoms with Crippen LogP contribution in [0.5, 0.6) is 0 Å². The molecule has 1 aromatic carbocycles. The predicted octanol–water partition coefficient (Wildman–Crippen LogP) is 1.97. The van der Waals surface area contributed by atoms with Crippen LogP contribution in [0.25, 0.3) is 0 Å². The maximum absolute atomic E-state index is 13.9. The summed E-state index contributed by atoms with van der Waals surface area (Å²) in [4.78, 5) is 0. The molecular formula is C15H22F2N2O3S. The highest BCUT2D eigenvalue weighted by Gasteiger charge is 2.29. The van der Waals surface area contributed by atoms with Crippen molar-refractivity contribution in [2.45, 2.75) is 26.3 Å². The Bertz CT molecular complexity index is 650. The molecule has 23 heavy (non-hydrogen) atoms. The molecule has 0 bridgehead atoms. The summed E-state index contributed by atoms with van der Waals surface area (Å²) in [5.74, 6) is -1.34. The molecule has 0 saturated carbocycles. The fourth-order valence-electron chi connectivity index (χ4n) is 2.75. The monoisotopic (exact) mass is 348 g/mol. The third kappa shape index (κ3) is 4.47. The number of nitrogens with one attached hydrogen (secondary N) is 1. The van der Waals surface area contributed by atoms with Crippen molar-refractivity contribution in [1.29, 1.82) is 0 Å². The number of benzene rings is 1. The van der Waals surface area contributed by atoms with Gasteiger partial charge < -0.3 is 4.74 Å². The van der Waals surface area contributed by atoms with Crippen LogP contribution in [0, 0.1) is 24.5 Å². The van der Waals surface area contributed by atoms with Crippen molar-refractivity contribution in [2.24, 2.45) is 5.92 Å². The van der Waals surface area contributed by atoms with E-state index >= 15 is 0 Å². The molecule has 5 nitrogen and oxygen atoms in total. The molecule has 1 aliphatic heterocycles. The van der Waals surface area contributed by atoms with Crippen molar-refractivity contribution in [2.75, 3.05) is 26.8 Å². The number of hydrogen-bond donors (Lipinski definition) is 1. The number of nitrogens with zero attached hydrogens (tertiary/aromatic N) is 1. The molecule has 1 fully saturated rings. The van der Waals surface area contributed by atoms with Crippen LogP contribution in [0.1, 0.15) is 24.0 Å². The average molecular weight is 348 g/mol. The first-order valence-electron chi connectivity index (χ1n) is 7.52. The van der Waals surface area contributed by atoms with Gasteiger partial charge in [-0.3, -0.25) is 0 Å². The summed E-state index contributed by atoms with van der Waals surface area (Å²) < 4.78 is 61.0. The number of aryl methyl sites for hydroxylation is 1. The summed E-state index contributed by atoms with van der Waals surface area (Å²) in [5, 5.41) is 0. The molecule has 130 valence electrons. The van der Waals surface area contributed by atoms with Gasteiger partial charge in [0, 0.05) is 32.3 Å². The van der Waals surface area contributed by atoms with Crippen LogP contribution in [0.4, 0.5) is 8.78 Å². The van der Waals surface area contributed by atoms with E-state index in [4.69, 9.17) is 4.74 Å². The molecule has 1 atom stereocenters. The van der Waals surface area contributed by atoms with Gasteiger partial charge in [-0.25, -0.2) is 8.78 Å². The molecule has 0 spiro atoms. The molecule has 1 aromatic rings. The molecule has 1 unspecified atom stereocenters. The highest BCUT2D eigenvalue weighted by atomic mass is 32.2. The normalized spacial score (nSPS) is 19.9. The lowest BCUT2D eigenvalue weighted by Crippen LogP contribution is -2.46. The number of methoxy groups -OCH3 is 1. The van der Waals surface area contributed by atoms with E-state index in [-0.39, 0.29) is 17.0 Å². The Balaban J connectivity index is 2.06. The zero-order valence-corrected chi connectivity index (χ0v) is 14.1. The molecule has 8 heteroatoms. The summed E-state index contributed by atoms with van der Waals surface area (Å²) in [6, 6.07) is 2.46. The van der Waals surface area contributed by atoms with Gasteiger partial charge in [-0.1, -0.05) is 6.07 Å². The quantitative estimate of drug-likeness (QED) is 0.855. The largest absolute Gasteiger partial charge is 0.384 e. The SMILES string of the molecule is COCC1CCCN(S(=O)(=O)NCc2c(F)ccc(C)c2F)C1. The van der Waals surface area contributed by atoms with Crippen LogP contribution >= 0.6 is 0 Å². The zero-order valence-electron chi connectivity index (χ0n) is 13.3. The molecule has 0 aromatic heterocycles. The van der Waals surface area contributed by atoms with Crippen molar-refractivity contribution in [3.8, 4) is 0 Å². The molecule has 1 heterocycles. The van der Waals surface area contributed by atoms with Crippen LogP contribution in [-0.2, 0) is 21.5 Å². The Kier molecular flexibility index (Phi) is 6.07. The van der Waals surface area contributed by atoms with E-state index in [1.165, 1.54) is 17.3 Å². The summed E-state index contributed by atoms with van der Waals surface area (Å²) in [5.41, 5.74) is 0.0118. The van der Waals surface area contributed by atoms with Crippen molar-refractivity contribution in [3.63, 3.8) is 0 Å². The second-order valence-corrected chi connectivity index (χ2v) is 7.56. The van der Waals surface area contributed by atoms with E-state index in [2.05, 4.69) is 4.72 Å². The average Bonchev–Trinajstić information content (AvgIpc) is 2.52. The maximum atomic E-state index is 13.9. The van der Waals surface area contributed by atoms with Gasteiger partial charge >= 0.3 is 0 Å². The van der Waals surface area contributed by atoms with Crippen molar-refractivity contribution >= 4 is 10.2 Å². The van der Waals surface area contributed by atoms with Gasteiger partial charge in [0.1, 0.15) is 11.6 Å². The number of piperidine rings is 1. The molecule has 0 amide bonds. The van der Waals surface area contributed by atoms with Gasteiger partial charge in [-0.05, 0) is 37.3 Å². The zero-order chi connectivity index (χ0) is 17.0. The Morgan fingerprint density at radius 2 is 2.13 bits per heavy atom. The topological polar surface area (TPSA) is 58.6 Å². The minimum absolute atomic E-state index is 0.137. The first-order chi connectivity index (χ1) is 10.8. The first kappa shape index (κ1) is 18.3. The van der Waals surface area contributed by atoms with Crippen LogP contribution in [0.3, 0.4) is 0 Å². The molecule has 2 rings (SSSR count). The van der Waals surface area contributed by atoms with Gasteiger partial charge in [0.2, 0.25) is 0 Å².